The Balaban J connectivity index is 2.02. The molecule has 0 aliphatic carbocycles. The fraction of sp³-hybridized carbons (Fsp3) is 0.176. The molecule has 1 aliphatic heterocycles. The van der Waals surface area contributed by atoms with Crippen molar-refractivity contribution >= 4 is 23.2 Å². The molecule has 1 atom stereocenters. The fourth-order valence-corrected chi connectivity index (χ4v) is 2.46. The van der Waals surface area contributed by atoms with Crippen LogP contribution in [0, 0.1) is 6.92 Å². The van der Waals surface area contributed by atoms with Crippen LogP contribution in [0.3, 0.4) is 0 Å². The zero-order valence-electron chi connectivity index (χ0n) is 12.2. The molecule has 1 aliphatic rings. The molecule has 0 saturated heterocycles. The molecule has 0 fully saturated rings. The molecule has 3 rings (SSSR count). The number of nitrogens with zero attached hydrogens (tertiary/aromatic N) is 1. The maximum atomic E-state index is 12.8. The van der Waals surface area contributed by atoms with Gasteiger partial charge in [0.2, 0.25) is 5.91 Å². The number of nitrogens with two attached hydrogens (primary N) is 1. The Morgan fingerprint density at radius 3 is 2.59 bits per heavy atom. The summed E-state index contributed by atoms with van der Waals surface area (Å²) in [4.78, 5) is 26.3. The predicted octanol–water partition coefficient (Wildman–Crippen LogP) is 1.92. The van der Waals surface area contributed by atoms with Crippen LogP contribution in [0.5, 0.6) is 0 Å². The number of hydrogen-bond acceptors (Lipinski definition) is 3. The van der Waals surface area contributed by atoms with Gasteiger partial charge in [-0.1, -0.05) is 29.8 Å². The molecule has 0 saturated carbocycles. The molecule has 0 aromatic heterocycles. The van der Waals surface area contributed by atoms with Crippen LogP contribution < -0.4 is 16.0 Å². The van der Waals surface area contributed by atoms with E-state index in [0.29, 0.717) is 16.9 Å². The maximum Gasteiger partial charge on any atom is 0.258 e. The van der Waals surface area contributed by atoms with Crippen molar-refractivity contribution in [1.29, 1.82) is 0 Å². The van der Waals surface area contributed by atoms with Gasteiger partial charge in [0.15, 0.2) is 0 Å². The average molecular weight is 295 g/mol. The third-order valence-electron chi connectivity index (χ3n) is 3.71. The van der Waals surface area contributed by atoms with E-state index in [2.05, 4.69) is 5.32 Å². The number of carbonyl (C=O) groups excluding carboxylic acids is 2. The number of nitrogens with one attached hydrogen (secondary N) is 1. The van der Waals surface area contributed by atoms with Gasteiger partial charge in [0.25, 0.3) is 5.91 Å². The van der Waals surface area contributed by atoms with Gasteiger partial charge in [-0.3, -0.25) is 9.59 Å². The summed E-state index contributed by atoms with van der Waals surface area (Å²) < 4.78 is 0. The van der Waals surface area contributed by atoms with Crippen molar-refractivity contribution in [3.63, 3.8) is 0 Å². The molecule has 5 heteroatoms. The Kier molecular flexibility index (Phi) is 3.65. The maximum absolute atomic E-state index is 12.8. The minimum atomic E-state index is -0.762. The van der Waals surface area contributed by atoms with E-state index in [4.69, 9.17) is 5.73 Å². The number of rotatable bonds is 1. The predicted molar refractivity (Wildman–Crippen MR) is 85.9 cm³/mol. The van der Waals surface area contributed by atoms with Crippen LogP contribution in [0.2, 0.25) is 0 Å². The van der Waals surface area contributed by atoms with Crippen molar-refractivity contribution in [1.82, 2.24) is 0 Å². The van der Waals surface area contributed by atoms with Gasteiger partial charge in [-0.2, -0.15) is 0 Å². The Morgan fingerprint density at radius 1 is 1.18 bits per heavy atom. The van der Waals surface area contributed by atoms with Crippen molar-refractivity contribution in [2.75, 3.05) is 16.8 Å². The minimum Gasteiger partial charge on any atom is -0.323 e. The van der Waals surface area contributed by atoms with Gasteiger partial charge in [-0.05, 0) is 31.2 Å². The Hall–Kier alpha value is -2.66. The number of amides is 2. The first kappa shape index (κ1) is 14.3. The number of benzene rings is 2. The van der Waals surface area contributed by atoms with Gasteiger partial charge in [0.1, 0.15) is 6.04 Å². The summed E-state index contributed by atoms with van der Waals surface area (Å²) in [6, 6.07) is 13.8. The van der Waals surface area contributed by atoms with Crippen LogP contribution in [0.25, 0.3) is 0 Å². The van der Waals surface area contributed by atoms with E-state index in [9.17, 15) is 9.59 Å². The van der Waals surface area contributed by atoms with Crippen LogP contribution in [0.1, 0.15) is 15.9 Å². The quantitative estimate of drug-likeness (QED) is 0.844. The number of hydrogen-bond donors (Lipinski definition) is 2. The third-order valence-corrected chi connectivity index (χ3v) is 3.71. The standard InChI is InChI=1S/C17H17N3O2/c1-11-6-8-12(9-7-11)17(22)20-10-13(18)16(21)19-14-4-2-3-5-15(14)20/h2-9,13H,10,18H2,1H3,(H,19,21)/t13-/m0/s1. The summed E-state index contributed by atoms with van der Waals surface area (Å²) in [6.45, 7) is 2.11. The van der Waals surface area contributed by atoms with E-state index in [1.54, 1.807) is 29.2 Å². The van der Waals surface area contributed by atoms with Gasteiger partial charge in [-0.15, -0.1) is 0 Å². The van der Waals surface area contributed by atoms with Crippen LogP contribution in [-0.4, -0.2) is 24.4 Å². The van der Waals surface area contributed by atoms with Crippen molar-refractivity contribution in [2.45, 2.75) is 13.0 Å². The van der Waals surface area contributed by atoms with Crippen molar-refractivity contribution < 1.29 is 9.59 Å². The molecule has 22 heavy (non-hydrogen) atoms. The molecule has 1 heterocycles. The Morgan fingerprint density at radius 2 is 1.86 bits per heavy atom. The highest BCUT2D eigenvalue weighted by Crippen LogP contribution is 2.29. The lowest BCUT2D eigenvalue weighted by Gasteiger charge is -2.23. The molecule has 5 nitrogen and oxygen atoms in total. The number of aryl methyl sites for hydroxylation is 1. The van der Waals surface area contributed by atoms with Gasteiger partial charge in [-0.25, -0.2) is 0 Å². The van der Waals surface area contributed by atoms with Crippen LogP contribution in [0.15, 0.2) is 48.5 Å². The van der Waals surface area contributed by atoms with E-state index >= 15 is 0 Å². The average Bonchev–Trinajstić information content (AvgIpc) is 2.65. The molecule has 3 N–H and O–H groups in total. The summed E-state index contributed by atoms with van der Waals surface area (Å²) in [5.74, 6) is -0.453. The van der Waals surface area contributed by atoms with Gasteiger partial charge in [0, 0.05) is 5.56 Å². The lowest BCUT2D eigenvalue weighted by molar-refractivity contribution is -0.117. The summed E-state index contributed by atoms with van der Waals surface area (Å²) in [6.07, 6.45) is 0. The highest BCUT2D eigenvalue weighted by atomic mass is 16.2. The highest BCUT2D eigenvalue weighted by molar-refractivity contribution is 6.11. The van der Waals surface area contributed by atoms with E-state index < -0.39 is 6.04 Å². The van der Waals surface area contributed by atoms with Crippen LogP contribution >= 0.6 is 0 Å². The van der Waals surface area contributed by atoms with Gasteiger partial charge < -0.3 is 16.0 Å². The lowest BCUT2D eigenvalue weighted by Crippen LogP contribution is -2.45. The minimum absolute atomic E-state index is 0.148. The normalized spacial score (nSPS) is 17.5. The topological polar surface area (TPSA) is 75.4 Å². The van der Waals surface area contributed by atoms with E-state index in [1.165, 1.54) is 0 Å². The molecule has 0 radical (unpaired) electrons. The monoisotopic (exact) mass is 295 g/mol. The summed E-state index contributed by atoms with van der Waals surface area (Å²) >= 11 is 0. The molecule has 2 aromatic carbocycles. The summed E-state index contributed by atoms with van der Waals surface area (Å²) in [5.41, 5.74) is 8.80. The zero-order chi connectivity index (χ0) is 15.7. The molecule has 0 spiro atoms. The van der Waals surface area contributed by atoms with E-state index in [-0.39, 0.29) is 18.4 Å². The highest BCUT2D eigenvalue weighted by Gasteiger charge is 2.29. The first-order valence-electron chi connectivity index (χ1n) is 7.10. The summed E-state index contributed by atoms with van der Waals surface area (Å²) in [5, 5.41) is 2.76. The zero-order valence-corrected chi connectivity index (χ0v) is 12.2. The third kappa shape index (κ3) is 2.58. The Labute approximate surface area is 128 Å². The SMILES string of the molecule is Cc1ccc(C(=O)N2C[C@H](N)C(=O)Nc3ccccc32)cc1. The number of fused-ring (bicyclic) bond motifs is 1. The number of carbonyl (C=O) groups is 2. The first-order valence-corrected chi connectivity index (χ1v) is 7.10. The molecule has 2 amide bonds. The number of para-hydroxylation sites is 2. The van der Waals surface area contributed by atoms with E-state index in [1.807, 2.05) is 31.2 Å². The van der Waals surface area contributed by atoms with Crippen molar-refractivity contribution in [3.05, 3.63) is 59.7 Å². The Bertz CT molecular complexity index is 725. The molecule has 0 unspecified atom stereocenters. The second-order valence-electron chi connectivity index (χ2n) is 5.39. The fourth-order valence-electron chi connectivity index (χ4n) is 2.46. The molecule has 2 aromatic rings. The first-order chi connectivity index (χ1) is 10.6. The van der Waals surface area contributed by atoms with E-state index in [0.717, 1.165) is 5.56 Å². The second-order valence-corrected chi connectivity index (χ2v) is 5.39. The second kappa shape index (κ2) is 5.61. The molecule has 0 bridgehead atoms. The van der Waals surface area contributed by atoms with Crippen molar-refractivity contribution in [2.24, 2.45) is 5.73 Å². The summed E-state index contributed by atoms with van der Waals surface area (Å²) in [7, 11) is 0. The number of anilines is 2. The molecular weight excluding hydrogens is 278 g/mol. The smallest absolute Gasteiger partial charge is 0.258 e. The largest absolute Gasteiger partial charge is 0.323 e. The van der Waals surface area contributed by atoms with Gasteiger partial charge >= 0.3 is 0 Å². The van der Waals surface area contributed by atoms with Crippen molar-refractivity contribution in [3.8, 4) is 0 Å². The lowest BCUT2D eigenvalue weighted by atomic mass is 10.1. The van der Waals surface area contributed by atoms with Crippen LogP contribution in [0.4, 0.5) is 11.4 Å². The molecular formula is C17H17N3O2. The molecule has 112 valence electrons. The van der Waals surface area contributed by atoms with Crippen LogP contribution in [-0.2, 0) is 4.79 Å². The van der Waals surface area contributed by atoms with Gasteiger partial charge in [0.05, 0.1) is 17.9 Å².